The highest BCUT2D eigenvalue weighted by atomic mass is 16.5. The highest BCUT2D eigenvalue weighted by Gasteiger charge is 2.18. The van der Waals surface area contributed by atoms with Crippen LogP contribution in [0.1, 0.15) is 28.8 Å². The Labute approximate surface area is 143 Å². The van der Waals surface area contributed by atoms with Gasteiger partial charge in [0.1, 0.15) is 11.5 Å². The fourth-order valence-electron chi connectivity index (χ4n) is 3.04. The van der Waals surface area contributed by atoms with Gasteiger partial charge >= 0.3 is 0 Å². The van der Waals surface area contributed by atoms with Crippen molar-refractivity contribution in [2.45, 2.75) is 19.8 Å². The number of likely N-dealkylation sites (tertiary alicyclic amines) is 1. The van der Waals surface area contributed by atoms with Gasteiger partial charge in [-0.15, -0.1) is 0 Å². The fraction of sp³-hybridized carbons (Fsp3) is 0.611. The number of nitrogens with zero attached hydrogens (tertiary/aromatic N) is 1. The zero-order chi connectivity index (χ0) is 17.5. The molecule has 0 bridgehead atoms. The van der Waals surface area contributed by atoms with Crippen molar-refractivity contribution in [2.75, 3.05) is 47.0 Å². The number of methoxy groups -OCH3 is 2. The number of carbonyl (C=O) groups is 1. The number of ether oxygens (including phenoxy) is 2. The topological polar surface area (TPSA) is 71.0 Å². The van der Waals surface area contributed by atoms with Crippen LogP contribution in [0.15, 0.2) is 12.1 Å². The molecule has 1 saturated heterocycles. The molecule has 2 rings (SSSR count). The molecule has 1 aliphatic rings. The molecule has 1 heterocycles. The van der Waals surface area contributed by atoms with Crippen LogP contribution in [0.4, 0.5) is 0 Å². The first-order chi connectivity index (χ1) is 11.6. The fourth-order valence-corrected chi connectivity index (χ4v) is 3.04. The Kier molecular flexibility index (Phi) is 6.87. The zero-order valence-electron chi connectivity index (χ0n) is 14.8. The number of amides is 1. The maximum atomic E-state index is 12.4. The van der Waals surface area contributed by atoms with Crippen LogP contribution in [-0.4, -0.2) is 62.9 Å². The van der Waals surface area contributed by atoms with Gasteiger partial charge in [-0.05, 0) is 50.9 Å². The number of nitrogens with one attached hydrogen (secondary N) is 1. The molecular weight excluding hydrogens is 308 g/mol. The van der Waals surface area contributed by atoms with Crippen molar-refractivity contribution in [1.82, 2.24) is 10.2 Å². The first-order valence-corrected chi connectivity index (χ1v) is 8.43. The van der Waals surface area contributed by atoms with E-state index in [0.29, 0.717) is 29.5 Å². The van der Waals surface area contributed by atoms with Gasteiger partial charge in [0.2, 0.25) is 0 Å². The number of rotatable bonds is 7. The monoisotopic (exact) mass is 336 g/mol. The molecule has 2 N–H and O–H groups in total. The third kappa shape index (κ3) is 4.61. The van der Waals surface area contributed by atoms with Crippen LogP contribution in [0.5, 0.6) is 11.5 Å². The quantitative estimate of drug-likeness (QED) is 0.788. The van der Waals surface area contributed by atoms with Gasteiger partial charge in [0, 0.05) is 30.8 Å². The van der Waals surface area contributed by atoms with Crippen LogP contribution in [0, 0.1) is 12.8 Å². The molecule has 134 valence electrons. The van der Waals surface area contributed by atoms with Gasteiger partial charge in [-0.2, -0.15) is 0 Å². The molecule has 1 aromatic carbocycles. The van der Waals surface area contributed by atoms with Crippen molar-refractivity contribution in [2.24, 2.45) is 5.92 Å². The predicted octanol–water partition coefficient (Wildman–Crippen LogP) is 1.45. The minimum absolute atomic E-state index is 0.128. The van der Waals surface area contributed by atoms with Crippen LogP contribution in [0.3, 0.4) is 0 Å². The van der Waals surface area contributed by atoms with Gasteiger partial charge in [0.15, 0.2) is 0 Å². The normalized spacial score (nSPS) is 16.0. The maximum Gasteiger partial charge on any atom is 0.251 e. The van der Waals surface area contributed by atoms with Crippen LogP contribution >= 0.6 is 0 Å². The lowest BCUT2D eigenvalue weighted by molar-refractivity contribution is 0.0938. The SMILES string of the molecule is COc1cc(C(=O)NCCN2CCC(CO)CC2)cc(OC)c1C. The molecule has 0 saturated carbocycles. The van der Waals surface area contributed by atoms with E-state index in [1.54, 1.807) is 26.4 Å². The molecule has 1 aromatic rings. The molecule has 6 heteroatoms. The molecule has 0 spiro atoms. The van der Waals surface area contributed by atoms with Crippen molar-refractivity contribution >= 4 is 5.91 Å². The highest BCUT2D eigenvalue weighted by molar-refractivity contribution is 5.95. The van der Waals surface area contributed by atoms with Gasteiger partial charge in [-0.25, -0.2) is 0 Å². The van der Waals surface area contributed by atoms with Crippen LogP contribution in [0.2, 0.25) is 0 Å². The van der Waals surface area contributed by atoms with E-state index in [1.165, 1.54) is 0 Å². The molecular formula is C18H28N2O4. The molecule has 0 unspecified atom stereocenters. The van der Waals surface area contributed by atoms with Gasteiger partial charge in [0.05, 0.1) is 14.2 Å². The Balaban J connectivity index is 1.86. The molecule has 0 aliphatic carbocycles. The molecule has 1 aliphatic heterocycles. The Hall–Kier alpha value is -1.79. The summed E-state index contributed by atoms with van der Waals surface area (Å²) in [5, 5.41) is 12.1. The summed E-state index contributed by atoms with van der Waals surface area (Å²) < 4.78 is 10.6. The smallest absolute Gasteiger partial charge is 0.251 e. The molecule has 0 aromatic heterocycles. The van der Waals surface area contributed by atoms with Crippen molar-refractivity contribution in [3.8, 4) is 11.5 Å². The largest absolute Gasteiger partial charge is 0.496 e. The van der Waals surface area contributed by atoms with E-state index in [0.717, 1.165) is 38.0 Å². The number of aliphatic hydroxyl groups is 1. The van der Waals surface area contributed by atoms with E-state index in [4.69, 9.17) is 14.6 Å². The van der Waals surface area contributed by atoms with Crippen LogP contribution < -0.4 is 14.8 Å². The van der Waals surface area contributed by atoms with E-state index in [-0.39, 0.29) is 12.5 Å². The summed E-state index contributed by atoms with van der Waals surface area (Å²) in [7, 11) is 3.17. The molecule has 1 fully saturated rings. The number of benzene rings is 1. The predicted molar refractivity (Wildman–Crippen MR) is 92.9 cm³/mol. The summed E-state index contributed by atoms with van der Waals surface area (Å²) in [6.45, 7) is 5.56. The lowest BCUT2D eigenvalue weighted by Crippen LogP contribution is -2.40. The van der Waals surface area contributed by atoms with Crippen molar-refractivity contribution in [3.05, 3.63) is 23.3 Å². The number of hydrogen-bond acceptors (Lipinski definition) is 5. The standard InChI is InChI=1S/C18H28N2O4/c1-13-16(23-2)10-15(11-17(13)24-3)18(22)19-6-9-20-7-4-14(12-21)5-8-20/h10-11,14,21H,4-9,12H2,1-3H3,(H,19,22). The second kappa shape index (κ2) is 8.89. The Bertz CT molecular complexity index is 529. The van der Waals surface area contributed by atoms with Gasteiger partial charge < -0.3 is 24.8 Å². The van der Waals surface area contributed by atoms with E-state index in [1.807, 2.05) is 6.92 Å². The van der Waals surface area contributed by atoms with Crippen LogP contribution in [0.25, 0.3) is 0 Å². The van der Waals surface area contributed by atoms with E-state index in [9.17, 15) is 4.79 Å². The summed E-state index contributed by atoms with van der Waals surface area (Å²) in [5.74, 6) is 1.59. The lowest BCUT2D eigenvalue weighted by Gasteiger charge is -2.30. The number of piperidine rings is 1. The van der Waals surface area contributed by atoms with Gasteiger partial charge in [-0.1, -0.05) is 0 Å². The summed E-state index contributed by atoms with van der Waals surface area (Å²) in [4.78, 5) is 14.7. The van der Waals surface area contributed by atoms with Crippen molar-refractivity contribution < 1.29 is 19.4 Å². The summed E-state index contributed by atoms with van der Waals surface area (Å²) >= 11 is 0. The third-order valence-corrected chi connectivity index (χ3v) is 4.69. The first kappa shape index (κ1) is 18.5. The van der Waals surface area contributed by atoms with E-state index in [2.05, 4.69) is 10.2 Å². The van der Waals surface area contributed by atoms with Crippen molar-refractivity contribution in [3.63, 3.8) is 0 Å². The van der Waals surface area contributed by atoms with Gasteiger partial charge in [-0.3, -0.25) is 4.79 Å². The molecule has 6 nitrogen and oxygen atoms in total. The minimum atomic E-state index is -0.128. The summed E-state index contributed by atoms with van der Waals surface area (Å²) in [6, 6.07) is 3.47. The average molecular weight is 336 g/mol. The van der Waals surface area contributed by atoms with Crippen molar-refractivity contribution in [1.29, 1.82) is 0 Å². The molecule has 0 atom stereocenters. The van der Waals surface area contributed by atoms with E-state index < -0.39 is 0 Å². The second-order valence-electron chi connectivity index (χ2n) is 6.23. The number of aliphatic hydroxyl groups excluding tert-OH is 1. The molecule has 1 amide bonds. The van der Waals surface area contributed by atoms with Crippen LogP contribution in [-0.2, 0) is 0 Å². The first-order valence-electron chi connectivity index (χ1n) is 8.43. The summed E-state index contributed by atoms with van der Waals surface area (Å²) in [6.07, 6.45) is 2.05. The zero-order valence-corrected chi connectivity index (χ0v) is 14.8. The summed E-state index contributed by atoms with van der Waals surface area (Å²) in [5.41, 5.74) is 1.41. The Morgan fingerprint density at radius 2 is 1.83 bits per heavy atom. The van der Waals surface area contributed by atoms with E-state index >= 15 is 0 Å². The number of hydrogen-bond donors (Lipinski definition) is 2. The minimum Gasteiger partial charge on any atom is -0.496 e. The highest BCUT2D eigenvalue weighted by Crippen LogP contribution is 2.29. The molecule has 24 heavy (non-hydrogen) atoms. The lowest BCUT2D eigenvalue weighted by atomic mass is 9.98. The Morgan fingerprint density at radius 3 is 2.33 bits per heavy atom. The maximum absolute atomic E-state index is 12.4. The van der Waals surface area contributed by atoms with Gasteiger partial charge in [0.25, 0.3) is 5.91 Å². The second-order valence-corrected chi connectivity index (χ2v) is 6.23. The molecule has 0 radical (unpaired) electrons. The third-order valence-electron chi connectivity index (χ3n) is 4.69. The average Bonchev–Trinajstić information content (AvgIpc) is 2.62. The number of carbonyl (C=O) groups excluding carboxylic acids is 1. The Morgan fingerprint density at radius 1 is 1.25 bits per heavy atom.